The molecule has 1 rings (SSSR count). The largest absolute Gasteiger partial charge is 0.394 e. The molecule has 0 aliphatic heterocycles. The summed E-state index contributed by atoms with van der Waals surface area (Å²) in [6, 6.07) is 0. The molecule has 0 aromatic carbocycles. The Morgan fingerprint density at radius 3 is 2.80 bits per heavy atom. The van der Waals surface area contributed by atoms with Crippen LogP contribution in [0.25, 0.3) is 0 Å². The van der Waals surface area contributed by atoms with Crippen molar-refractivity contribution in [2.75, 3.05) is 19.4 Å². The van der Waals surface area contributed by atoms with Gasteiger partial charge in [-0.1, -0.05) is 19.8 Å². The fourth-order valence-corrected chi connectivity index (χ4v) is 3.70. The van der Waals surface area contributed by atoms with Crippen LogP contribution in [0, 0.1) is 0 Å². The number of hydrogen-bond donors (Lipinski definition) is 2. The number of rotatable bonds is 7. The molecule has 1 aliphatic rings. The average Bonchev–Trinajstić information content (AvgIpc) is 2.69. The fourth-order valence-electron chi connectivity index (χ4n) is 2.27. The SMILES string of the molecule is CCCCCSC1CCC(CO)(NC)C1. The van der Waals surface area contributed by atoms with Crippen LogP contribution in [0.3, 0.4) is 0 Å². The Kier molecular flexibility index (Phi) is 6.02. The van der Waals surface area contributed by atoms with Gasteiger partial charge < -0.3 is 10.4 Å². The molecule has 0 amide bonds. The van der Waals surface area contributed by atoms with Crippen molar-refractivity contribution < 1.29 is 5.11 Å². The first-order valence-electron chi connectivity index (χ1n) is 6.17. The van der Waals surface area contributed by atoms with E-state index in [1.165, 1.54) is 31.4 Å². The van der Waals surface area contributed by atoms with Crippen LogP contribution in [0.2, 0.25) is 0 Å². The smallest absolute Gasteiger partial charge is 0.0613 e. The van der Waals surface area contributed by atoms with Crippen LogP contribution in [-0.2, 0) is 0 Å². The maximum absolute atomic E-state index is 9.37. The third kappa shape index (κ3) is 3.97. The molecule has 1 saturated carbocycles. The molecular formula is C12H25NOS. The first kappa shape index (κ1) is 13.3. The summed E-state index contributed by atoms with van der Waals surface area (Å²) in [6.07, 6.45) is 7.54. The van der Waals surface area contributed by atoms with E-state index in [2.05, 4.69) is 24.0 Å². The van der Waals surface area contributed by atoms with Gasteiger partial charge in [-0.05, 0) is 38.5 Å². The van der Waals surface area contributed by atoms with Crippen LogP contribution in [0.5, 0.6) is 0 Å². The summed E-state index contributed by atoms with van der Waals surface area (Å²) in [5.41, 5.74) is 0.0302. The van der Waals surface area contributed by atoms with Crippen LogP contribution >= 0.6 is 11.8 Å². The van der Waals surface area contributed by atoms with Gasteiger partial charge in [0.15, 0.2) is 0 Å². The Hall–Kier alpha value is 0.270. The number of thioether (sulfide) groups is 1. The Morgan fingerprint density at radius 1 is 1.47 bits per heavy atom. The molecule has 15 heavy (non-hydrogen) atoms. The summed E-state index contributed by atoms with van der Waals surface area (Å²) in [7, 11) is 1.97. The van der Waals surface area contributed by atoms with Gasteiger partial charge in [0.25, 0.3) is 0 Å². The molecule has 0 radical (unpaired) electrons. The van der Waals surface area contributed by atoms with Crippen LogP contribution in [0.1, 0.15) is 45.4 Å². The monoisotopic (exact) mass is 231 g/mol. The summed E-state index contributed by atoms with van der Waals surface area (Å²) >= 11 is 2.11. The molecule has 0 bridgehead atoms. The zero-order chi connectivity index (χ0) is 11.1. The molecule has 1 fully saturated rings. The molecule has 0 saturated heterocycles. The average molecular weight is 231 g/mol. The van der Waals surface area contributed by atoms with Crippen LogP contribution in [-0.4, -0.2) is 35.3 Å². The van der Waals surface area contributed by atoms with Crippen LogP contribution in [0.15, 0.2) is 0 Å². The summed E-state index contributed by atoms with van der Waals surface area (Å²) < 4.78 is 0. The van der Waals surface area contributed by atoms with Gasteiger partial charge in [0, 0.05) is 10.8 Å². The third-order valence-corrected chi connectivity index (χ3v) is 4.90. The second-order valence-corrected chi connectivity index (χ2v) is 6.04. The minimum atomic E-state index is 0.0302. The zero-order valence-corrected chi connectivity index (χ0v) is 10.9. The minimum absolute atomic E-state index is 0.0302. The van der Waals surface area contributed by atoms with Crippen LogP contribution < -0.4 is 5.32 Å². The predicted molar refractivity (Wildman–Crippen MR) is 68.5 cm³/mol. The number of aliphatic hydroxyl groups is 1. The molecule has 0 aromatic rings. The van der Waals surface area contributed by atoms with Crippen molar-refractivity contribution in [3.05, 3.63) is 0 Å². The lowest BCUT2D eigenvalue weighted by molar-refractivity contribution is 0.173. The van der Waals surface area contributed by atoms with Crippen LogP contribution in [0.4, 0.5) is 0 Å². The second kappa shape index (κ2) is 6.77. The van der Waals surface area contributed by atoms with E-state index in [0.717, 1.165) is 18.1 Å². The van der Waals surface area contributed by atoms with Gasteiger partial charge in [0.05, 0.1) is 6.61 Å². The lowest BCUT2D eigenvalue weighted by Gasteiger charge is -2.26. The number of hydrogen-bond acceptors (Lipinski definition) is 3. The van der Waals surface area contributed by atoms with Gasteiger partial charge in [-0.25, -0.2) is 0 Å². The third-order valence-electron chi connectivity index (χ3n) is 3.50. The maximum Gasteiger partial charge on any atom is 0.0613 e. The Morgan fingerprint density at radius 2 is 2.27 bits per heavy atom. The summed E-state index contributed by atoms with van der Waals surface area (Å²) in [5.74, 6) is 1.30. The maximum atomic E-state index is 9.37. The van der Waals surface area contributed by atoms with E-state index in [9.17, 15) is 5.11 Å². The molecule has 2 atom stereocenters. The summed E-state index contributed by atoms with van der Waals surface area (Å²) in [4.78, 5) is 0. The molecular weight excluding hydrogens is 206 g/mol. The summed E-state index contributed by atoms with van der Waals surface area (Å²) in [5, 5.41) is 13.4. The van der Waals surface area contributed by atoms with Crippen molar-refractivity contribution in [1.29, 1.82) is 0 Å². The van der Waals surface area contributed by atoms with Gasteiger partial charge in [0.2, 0.25) is 0 Å². The second-order valence-electron chi connectivity index (χ2n) is 4.63. The summed E-state index contributed by atoms with van der Waals surface area (Å²) in [6.45, 7) is 2.54. The molecule has 0 heterocycles. The van der Waals surface area contributed by atoms with Gasteiger partial charge in [0.1, 0.15) is 0 Å². The Labute approximate surface area is 98.2 Å². The highest BCUT2D eigenvalue weighted by Gasteiger charge is 2.37. The molecule has 3 heteroatoms. The Bertz CT molecular complexity index is 171. The van der Waals surface area contributed by atoms with Crippen molar-refractivity contribution in [1.82, 2.24) is 5.32 Å². The van der Waals surface area contributed by atoms with Crippen molar-refractivity contribution in [2.24, 2.45) is 0 Å². The first-order chi connectivity index (χ1) is 7.26. The van der Waals surface area contributed by atoms with Gasteiger partial charge in [-0.3, -0.25) is 0 Å². The van der Waals surface area contributed by atoms with E-state index in [0.29, 0.717) is 0 Å². The molecule has 0 spiro atoms. The highest BCUT2D eigenvalue weighted by molar-refractivity contribution is 7.99. The van der Waals surface area contributed by atoms with E-state index >= 15 is 0 Å². The number of unbranched alkanes of at least 4 members (excludes halogenated alkanes) is 2. The van der Waals surface area contributed by atoms with Gasteiger partial charge in [-0.2, -0.15) is 11.8 Å². The Balaban J connectivity index is 2.18. The highest BCUT2D eigenvalue weighted by atomic mass is 32.2. The molecule has 0 aromatic heterocycles. The number of nitrogens with one attached hydrogen (secondary N) is 1. The lowest BCUT2D eigenvalue weighted by atomic mass is 10.00. The topological polar surface area (TPSA) is 32.3 Å². The molecule has 1 aliphatic carbocycles. The lowest BCUT2D eigenvalue weighted by Crippen LogP contribution is -2.44. The van der Waals surface area contributed by atoms with Crippen molar-refractivity contribution in [2.45, 2.75) is 56.2 Å². The number of likely N-dealkylation sites (N-methyl/N-ethyl adjacent to an activating group) is 1. The van der Waals surface area contributed by atoms with Crippen molar-refractivity contribution in [3.63, 3.8) is 0 Å². The molecule has 2 unspecified atom stereocenters. The standard InChI is InChI=1S/C12H25NOS/c1-3-4-5-8-15-11-6-7-12(9-11,10-14)13-2/h11,13-14H,3-10H2,1-2H3. The van der Waals surface area contributed by atoms with Crippen molar-refractivity contribution >= 4 is 11.8 Å². The van der Waals surface area contributed by atoms with E-state index < -0.39 is 0 Å². The zero-order valence-electron chi connectivity index (χ0n) is 10.1. The van der Waals surface area contributed by atoms with E-state index in [1.807, 2.05) is 7.05 Å². The van der Waals surface area contributed by atoms with E-state index in [1.54, 1.807) is 0 Å². The van der Waals surface area contributed by atoms with Gasteiger partial charge in [-0.15, -0.1) is 0 Å². The molecule has 2 nitrogen and oxygen atoms in total. The van der Waals surface area contributed by atoms with Crippen molar-refractivity contribution in [3.8, 4) is 0 Å². The van der Waals surface area contributed by atoms with E-state index in [4.69, 9.17) is 0 Å². The fraction of sp³-hybridized carbons (Fsp3) is 1.00. The molecule has 2 N–H and O–H groups in total. The predicted octanol–water partition coefficient (Wildman–Crippen LogP) is 2.41. The first-order valence-corrected chi connectivity index (χ1v) is 7.22. The minimum Gasteiger partial charge on any atom is -0.394 e. The van der Waals surface area contributed by atoms with E-state index in [-0.39, 0.29) is 12.1 Å². The quantitative estimate of drug-likeness (QED) is 0.660. The highest BCUT2D eigenvalue weighted by Crippen LogP contribution is 2.36. The molecule has 90 valence electrons. The normalized spacial score (nSPS) is 31.0. The number of aliphatic hydroxyl groups excluding tert-OH is 1. The van der Waals surface area contributed by atoms with Gasteiger partial charge >= 0.3 is 0 Å².